The number of rotatable bonds is 16. The van der Waals surface area contributed by atoms with Crippen LogP contribution in [0, 0.1) is 50.2 Å². The van der Waals surface area contributed by atoms with Crippen LogP contribution in [0.1, 0.15) is 83.0 Å². The summed E-state index contributed by atoms with van der Waals surface area (Å²) in [5, 5.41) is 23.8. The van der Waals surface area contributed by atoms with E-state index in [2.05, 4.69) is 249 Å². The standard InChI is InChI=1S/C22H20O2P.C22H16O2P.C21H18O2P.C21H14O2P.C21H19O.C21H15O.6Y/c2*1-14-13-16-8-4-6-10-18(16)21(22(14)25-23)20-17-9-5-3-7-15(17)11-12-19(20)24-2;2*1-23-18-12-10-14-6-2-4-8-16(14)20(18)21-17-9-5-3-7-15(17)11-13-19(21)24-22;2*1-22-20-14-13-16-8-3-5-11-18(16)21(20)19-12-6-9-15-7-2-4-10-17(15)19;;;;;;/h4,6,8,10-11,13H,3,5,7,9H2,1-2H3;3-11,13H,1-2H3;3,5,7,9-11,13H,2,4,6,8H2,1H3;2-11,13H,1H3;2,4,6-7,9-10,12-13H,3,5,8,11H2,1H3;2-13H,1H3;;;;;;/q6*-1;;;;;;. The van der Waals surface area contributed by atoms with E-state index in [1.165, 1.54) is 121 Å². The average molecular weight is 2460 g/mol. The van der Waals surface area contributed by atoms with E-state index in [1.54, 1.807) is 42.7 Å². The largest absolute Gasteiger partial charge is 0.522 e. The summed E-state index contributed by atoms with van der Waals surface area (Å²) in [7, 11) is 10.2. The summed E-state index contributed by atoms with van der Waals surface area (Å²) in [6.07, 6.45) is 13.9. The Morgan fingerprint density at radius 3 is 0.797 bits per heavy atom. The van der Waals surface area contributed by atoms with Crippen LogP contribution in [0.2, 0.25) is 0 Å². The summed E-state index contributed by atoms with van der Waals surface area (Å²) in [5.74, 6) is 4.49. The Morgan fingerprint density at radius 1 is 0.209 bits per heavy atom. The Labute approximate surface area is 1020 Å². The van der Waals surface area contributed by atoms with Gasteiger partial charge in [0.25, 0.3) is 0 Å². The number of fused-ring (bicyclic) bond motifs is 12. The molecular weight excluding hydrogens is 2350 g/mol. The summed E-state index contributed by atoms with van der Waals surface area (Å²) < 4.78 is 81.6. The first-order chi connectivity index (χ1) is 69.9. The summed E-state index contributed by atoms with van der Waals surface area (Å²) >= 11 is 0. The third kappa shape index (κ3) is 24.6. The molecule has 6 radical (unpaired) electrons. The second kappa shape index (κ2) is 55.5. The third-order valence-electron chi connectivity index (χ3n) is 27.7. The molecule has 0 N–H and O–H groups in total. The van der Waals surface area contributed by atoms with E-state index in [0.717, 1.165) is 209 Å². The van der Waals surface area contributed by atoms with E-state index in [9.17, 15) is 18.3 Å². The van der Waals surface area contributed by atoms with Gasteiger partial charge in [-0.2, -0.15) is 53.1 Å². The van der Waals surface area contributed by atoms with Crippen molar-refractivity contribution in [1.82, 2.24) is 0 Å². The van der Waals surface area contributed by atoms with Gasteiger partial charge in [0.05, 0.1) is 42.7 Å². The Hall–Kier alpha value is -8.22. The maximum Gasteiger partial charge on any atom is 0.192 e. The van der Waals surface area contributed by atoms with Crippen molar-refractivity contribution in [3.05, 3.63) is 408 Å². The fourth-order valence-corrected chi connectivity index (χ4v) is 23.1. The molecule has 148 heavy (non-hydrogen) atoms. The minimum Gasteiger partial charge on any atom is -0.522 e. The van der Waals surface area contributed by atoms with Gasteiger partial charge >= 0.3 is 0 Å². The van der Waals surface area contributed by atoms with Crippen LogP contribution in [0.5, 0.6) is 34.5 Å². The molecule has 24 rings (SSSR count). The van der Waals surface area contributed by atoms with Gasteiger partial charge in [0.2, 0.25) is 0 Å². The van der Waals surface area contributed by atoms with Gasteiger partial charge in [0.1, 0.15) is 0 Å². The van der Waals surface area contributed by atoms with Crippen molar-refractivity contribution in [1.29, 1.82) is 0 Å². The molecule has 0 atom stereocenters. The zero-order chi connectivity index (χ0) is 97.7. The number of hydrogen-bond donors (Lipinski definition) is 0. The van der Waals surface area contributed by atoms with Crippen LogP contribution in [0.25, 0.3) is 164 Å². The van der Waals surface area contributed by atoms with Crippen molar-refractivity contribution in [2.75, 3.05) is 42.7 Å². The molecule has 0 amide bonds. The first-order valence-electron chi connectivity index (χ1n) is 48.0. The minimum atomic E-state index is -0.00972. The van der Waals surface area contributed by atoms with Crippen LogP contribution in [-0.4, -0.2) is 42.7 Å². The smallest absolute Gasteiger partial charge is 0.192 e. The van der Waals surface area contributed by atoms with Gasteiger partial charge in [-0.3, -0.25) is 18.3 Å². The molecule has 0 fully saturated rings. The molecule has 0 unspecified atom stereocenters. The van der Waals surface area contributed by atoms with Gasteiger partial charge in [0, 0.05) is 252 Å². The molecule has 0 heterocycles. The number of hydrogen-bond acceptors (Lipinski definition) is 10. The SMILES string of the molecule is COc1[c-]cc2c(c1-c1c(P=O)c(C)cc3ccccc13)CCCC2.COc1[c-]cc2c(c1-c1c(P=O)ccc3ccccc13)CCCC2.COc1[c-]cc2c(c1-c1cccc3ccccc13)CCCC2.COc1[c-]cc2ccccc2c1-c1c(P=O)c(C)cc2ccccc12.COc1[c-]cc2ccccc2c1-c1c(P=O)ccc2ccccc12.COc1[c-]cc2ccccc2c1-c1cccc2ccccc12.[Y].[Y].[Y].[Y].[Y].[Y]. The van der Waals surface area contributed by atoms with Crippen molar-refractivity contribution >= 4 is 152 Å². The molecule has 0 aliphatic heterocycles. The Morgan fingerprint density at radius 2 is 0.446 bits per heavy atom. The molecule has 0 bridgehead atoms. The number of methoxy groups -OCH3 is 6. The molecular formula is C128H102O10P4Y6-6. The molecule has 0 aromatic heterocycles. The quantitative estimate of drug-likeness (QED) is 0.0682. The monoisotopic (exact) mass is 2460 g/mol. The van der Waals surface area contributed by atoms with Crippen molar-refractivity contribution in [3.8, 4) is 101 Å². The van der Waals surface area contributed by atoms with E-state index >= 15 is 0 Å². The summed E-state index contributed by atoms with van der Waals surface area (Å²) in [5.41, 5.74) is 23.1. The topological polar surface area (TPSA) is 124 Å². The second-order valence-electron chi connectivity index (χ2n) is 35.6. The van der Waals surface area contributed by atoms with Gasteiger partial charge in [0.15, 0.2) is 33.8 Å². The molecule has 0 spiro atoms. The molecule has 21 aromatic carbocycles. The normalized spacial score (nSPS) is 12.0. The molecule has 21 aromatic rings. The molecule has 718 valence electrons. The molecule has 20 heteroatoms. The maximum atomic E-state index is 12.1. The van der Waals surface area contributed by atoms with E-state index < -0.39 is 0 Å². The summed E-state index contributed by atoms with van der Waals surface area (Å²) in [6.45, 7) is 4.03. The van der Waals surface area contributed by atoms with Crippen LogP contribution < -0.4 is 49.6 Å². The number of ether oxygens (including phenoxy) is 6. The molecule has 0 saturated heterocycles. The van der Waals surface area contributed by atoms with Gasteiger partial charge in [-0.05, 0) is 143 Å². The van der Waals surface area contributed by atoms with Gasteiger partial charge < -0.3 is 28.4 Å². The second-order valence-corrected chi connectivity index (χ2v) is 38.2. The molecule has 3 aliphatic carbocycles. The molecule has 0 saturated carbocycles. The van der Waals surface area contributed by atoms with Crippen molar-refractivity contribution in [2.24, 2.45) is 0 Å². The van der Waals surface area contributed by atoms with Crippen LogP contribution in [0.15, 0.2) is 328 Å². The predicted octanol–water partition coefficient (Wildman–Crippen LogP) is 32.3. The van der Waals surface area contributed by atoms with Crippen molar-refractivity contribution < 1.29 is 243 Å². The zero-order valence-electron chi connectivity index (χ0n) is 84.0. The fourth-order valence-electron chi connectivity index (χ4n) is 21.1. The summed E-state index contributed by atoms with van der Waals surface area (Å²) in [6, 6.07) is 131. The minimum absolute atomic E-state index is 0. The van der Waals surface area contributed by atoms with Crippen LogP contribution >= 0.6 is 33.8 Å². The average Bonchev–Trinajstić information content (AvgIpc) is 0.759. The fraction of sp³-hybridized carbons (Fsp3) is 0.156. The first-order valence-corrected chi connectivity index (χ1v) is 51.3. The predicted molar refractivity (Wildman–Crippen MR) is 590 cm³/mol. The van der Waals surface area contributed by atoms with E-state index in [0.29, 0.717) is 11.5 Å². The Balaban J connectivity index is 0.000000147. The zero-order valence-corrected chi connectivity index (χ0v) is 105. The van der Waals surface area contributed by atoms with E-state index in [1.807, 2.05) is 129 Å². The number of aryl methyl sites for hydroxylation is 5. The first kappa shape index (κ1) is 117. The molecule has 10 nitrogen and oxygen atoms in total. The van der Waals surface area contributed by atoms with Crippen molar-refractivity contribution in [2.45, 2.75) is 90.9 Å². The summed E-state index contributed by atoms with van der Waals surface area (Å²) in [4.78, 5) is 0. The van der Waals surface area contributed by atoms with Gasteiger partial charge in [-0.1, -0.05) is 363 Å². The Bertz CT molecular complexity index is 8440. The Kier molecular flexibility index (Phi) is 43.9. The van der Waals surface area contributed by atoms with E-state index in [4.69, 9.17) is 28.4 Å². The van der Waals surface area contributed by atoms with Gasteiger partial charge in [-0.15, -0.1) is 104 Å². The van der Waals surface area contributed by atoms with Crippen LogP contribution in [-0.2, 0) is 253 Å². The number of benzene rings is 21. The molecule has 3 aliphatic rings. The maximum absolute atomic E-state index is 12.1. The van der Waals surface area contributed by atoms with Crippen molar-refractivity contribution in [3.63, 3.8) is 0 Å². The van der Waals surface area contributed by atoms with Gasteiger partial charge in [-0.25, -0.2) is 0 Å². The third-order valence-corrected chi connectivity index (χ3v) is 30.3. The van der Waals surface area contributed by atoms with Crippen LogP contribution in [0.4, 0.5) is 0 Å². The van der Waals surface area contributed by atoms with E-state index in [-0.39, 0.29) is 230 Å². The van der Waals surface area contributed by atoms with Crippen LogP contribution in [0.3, 0.4) is 0 Å².